The number of nitrogens with zero attached hydrogens (tertiary/aromatic N) is 1. The van der Waals surface area contributed by atoms with E-state index in [2.05, 4.69) is 15.6 Å². The van der Waals surface area contributed by atoms with Gasteiger partial charge in [-0.05, 0) is 31.9 Å². The fourth-order valence-corrected chi connectivity index (χ4v) is 3.58. The van der Waals surface area contributed by atoms with Crippen LogP contribution in [0.25, 0.3) is 0 Å². The van der Waals surface area contributed by atoms with E-state index in [0.29, 0.717) is 11.7 Å². The number of aryl methyl sites for hydroxylation is 1. The molecule has 0 saturated carbocycles. The van der Waals surface area contributed by atoms with Gasteiger partial charge in [0.1, 0.15) is 5.25 Å². The second-order valence-corrected chi connectivity index (χ2v) is 7.19. The summed E-state index contributed by atoms with van der Waals surface area (Å²) in [6.07, 6.45) is 2.36. The lowest BCUT2D eigenvalue weighted by Gasteiger charge is -2.07. The summed E-state index contributed by atoms with van der Waals surface area (Å²) in [6, 6.07) is 7.57. The number of amidine groups is 1. The number of anilines is 1. The molecule has 0 aliphatic carbocycles. The van der Waals surface area contributed by atoms with Crippen molar-refractivity contribution in [1.82, 2.24) is 5.32 Å². The standard InChI is InChI=1S/C17H21N3O3S/c1-11-4-6-12(7-5-11)19-15(21)9-14-16(22)20-17(24-14)18-10-13-3-2-8-23-13/h4-7,13-14H,2-3,8-10H2,1H3,(H,19,21)(H,18,20,22)/t13-,14+/m0/s1. The highest BCUT2D eigenvalue weighted by Crippen LogP contribution is 2.23. The van der Waals surface area contributed by atoms with E-state index in [1.165, 1.54) is 11.8 Å². The molecule has 0 unspecified atom stereocenters. The zero-order chi connectivity index (χ0) is 16.9. The Morgan fingerprint density at radius 1 is 1.42 bits per heavy atom. The predicted octanol–water partition coefficient (Wildman–Crippen LogP) is 2.09. The third-order valence-corrected chi connectivity index (χ3v) is 5.06. The van der Waals surface area contributed by atoms with Crippen LogP contribution in [0.4, 0.5) is 5.69 Å². The summed E-state index contributed by atoms with van der Waals surface area (Å²) in [5, 5.41) is 5.71. The summed E-state index contributed by atoms with van der Waals surface area (Å²) in [7, 11) is 0. The molecule has 3 rings (SSSR count). The number of benzene rings is 1. The number of carbonyl (C=O) groups is 2. The molecule has 2 fully saturated rings. The van der Waals surface area contributed by atoms with Crippen LogP contribution in [-0.4, -0.2) is 41.5 Å². The van der Waals surface area contributed by atoms with Crippen molar-refractivity contribution in [2.45, 2.75) is 37.5 Å². The topological polar surface area (TPSA) is 79.8 Å². The molecule has 128 valence electrons. The number of thioether (sulfide) groups is 1. The van der Waals surface area contributed by atoms with Gasteiger partial charge < -0.3 is 15.4 Å². The smallest absolute Gasteiger partial charge is 0.240 e. The van der Waals surface area contributed by atoms with Gasteiger partial charge in [0.2, 0.25) is 11.8 Å². The minimum absolute atomic E-state index is 0.128. The molecule has 0 aromatic heterocycles. The second-order valence-electron chi connectivity index (χ2n) is 5.99. The number of ether oxygens (including phenoxy) is 1. The Morgan fingerprint density at radius 3 is 2.92 bits per heavy atom. The largest absolute Gasteiger partial charge is 0.376 e. The number of rotatable bonds is 5. The summed E-state index contributed by atoms with van der Waals surface area (Å²) < 4.78 is 5.51. The lowest BCUT2D eigenvalue weighted by molar-refractivity contribution is -0.122. The van der Waals surface area contributed by atoms with E-state index in [1.54, 1.807) is 0 Å². The van der Waals surface area contributed by atoms with Gasteiger partial charge in [-0.1, -0.05) is 29.5 Å². The van der Waals surface area contributed by atoms with Crippen molar-refractivity contribution in [1.29, 1.82) is 0 Å². The fourth-order valence-electron chi connectivity index (χ4n) is 2.61. The molecule has 2 heterocycles. The Labute approximate surface area is 145 Å². The quantitative estimate of drug-likeness (QED) is 0.855. The molecule has 1 aromatic carbocycles. The van der Waals surface area contributed by atoms with Gasteiger partial charge in [-0.15, -0.1) is 0 Å². The first-order valence-corrected chi connectivity index (χ1v) is 8.98. The van der Waals surface area contributed by atoms with E-state index in [9.17, 15) is 9.59 Å². The first kappa shape index (κ1) is 17.0. The summed E-state index contributed by atoms with van der Waals surface area (Å²) in [6.45, 7) is 3.34. The van der Waals surface area contributed by atoms with Crippen LogP contribution in [0.1, 0.15) is 24.8 Å². The van der Waals surface area contributed by atoms with E-state index in [-0.39, 0.29) is 24.3 Å². The van der Waals surface area contributed by atoms with Crippen LogP contribution >= 0.6 is 11.8 Å². The summed E-state index contributed by atoms with van der Waals surface area (Å²) in [5.74, 6) is -0.336. The van der Waals surface area contributed by atoms with Gasteiger partial charge in [-0.2, -0.15) is 0 Å². The van der Waals surface area contributed by atoms with Gasteiger partial charge >= 0.3 is 0 Å². The molecule has 2 saturated heterocycles. The highest BCUT2D eigenvalue weighted by molar-refractivity contribution is 8.15. The van der Waals surface area contributed by atoms with Crippen molar-refractivity contribution >= 4 is 34.4 Å². The van der Waals surface area contributed by atoms with Crippen molar-refractivity contribution in [3.8, 4) is 0 Å². The molecule has 2 N–H and O–H groups in total. The summed E-state index contributed by atoms with van der Waals surface area (Å²) in [5.41, 5.74) is 1.87. The third-order valence-electron chi connectivity index (χ3n) is 3.95. The van der Waals surface area contributed by atoms with Gasteiger partial charge in [-0.3, -0.25) is 14.6 Å². The van der Waals surface area contributed by atoms with Crippen LogP contribution in [0, 0.1) is 6.92 Å². The molecule has 2 aliphatic heterocycles. The maximum absolute atomic E-state index is 12.1. The Kier molecular flexibility index (Phi) is 5.52. The number of amides is 2. The Bertz CT molecular complexity index is 639. The molecular formula is C17H21N3O3S. The van der Waals surface area contributed by atoms with Crippen molar-refractivity contribution in [3.05, 3.63) is 29.8 Å². The molecular weight excluding hydrogens is 326 g/mol. The molecule has 0 radical (unpaired) electrons. The number of nitrogens with one attached hydrogen (secondary N) is 2. The number of carbonyl (C=O) groups excluding carboxylic acids is 2. The second kappa shape index (κ2) is 7.81. The van der Waals surface area contributed by atoms with Crippen LogP contribution in [0.2, 0.25) is 0 Å². The highest BCUT2D eigenvalue weighted by Gasteiger charge is 2.32. The van der Waals surface area contributed by atoms with E-state index >= 15 is 0 Å². The molecule has 0 spiro atoms. The van der Waals surface area contributed by atoms with Gasteiger partial charge in [-0.25, -0.2) is 0 Å². The molecule has 7 heteroatoms. The van der Waals surface area contributed by atoms with Crippen LogP contribution in [0.3, 0.4) is 0 Å². The summed E-state index contributed by atoms with van der Waals surface area (Å²) >= 11 is 1.32. The molecule has 1 aromatic rings. The van der Waals surface area contributed by atoms with Crippen molar-refractivity contribution in [2.24, 2.45) is 4.99 Å². The zero-order valence-electron chi connectivity index (χ0n) is 13.6. The number of aliphatic imine (C=N–C) groups is 1. The number of hydrogen-bond acceptors (Lipinski definition) is 5. The SMILES string of the molecule is Cc1ccc(NC(=O)C[C@H]2SC(=NC[C@@H]3CCCO3)NC2=O)cc1. The summed E-state index contributed by atoms with van der Waals surface area (Å²) in [4.78, 5) is 28.5. The zero-order valence-corrected chi connectivity index (χ0v) is 14.4. The Morgan fingerprint density at radius 2 is 2.21 bits per heavy atom. The molecule has 24 heavy (non-hydrogen) atoms. The van der Waals surface area contributed by atoms with Crippen molar-refractivity contribution in [2.75, 3.05) is 18.5 Å². The third kappa shape index (κ3) is 4.58. The number of hydrogen-bond donors (Lipinski definition) is 2. The molecule has 2 amide bonds. The lowest BCUT2D eigenvalue weighted by atomic mass is 10.2. The Balaban J connectivity index is 1.49. The molecule has 2 aliphatic rings. The maximum atomic E-state index is 12.1. The van der Waals surface area contributed by atoms with Crippen molar-refractivity contribution in [3.63, 3.8) is 0 Å². The van der Waals surface area contributed by atoms with Crippen LogP contribution in [0.15, 0.2) is 29.3 Å². The molecule has 0 bridgehead atoms. The van der Waals surface area contributed by atoms with Crippen LogP contribution < -0.4 is 10.6 Å². The molecule has 6 nitrogen and oxygen atoms in total. The van der Waals surface area contributed by atoms with Crippen LogP contribution in [-0.2, 0) is 14.3 Å². The minimum atomic E-state index is -0.432. The van der Waals surface area contributed by atoms with Crippen molar-refractivity contribution < 1.29 is 14.3 Å². The maximum Gasteiger partial charge on any atom is 0.240 e. The average molecular weight is 347 g/mol. The highest BCUT2D eigenvalue weighted by atomic mass is 32.2. The van der Waals surface area contributed by atoms with E-state index in [4.69, 9.17) is 4.74 Å². The molecule has 2 atom stereocenters. The van der Waals surface area contributed by atoms with Gasteiger partial charge in [0.05, 0.1) is 12.6 Å². The normalized spacial score (nSPS) is 25.0. The Hall–Kier alpha value is -1.86. The van der Waals surface area contributed by atoms with Crippen LogP contribution in [0.5, 0.6) is 0 Å². The van der Waals surface area contributed by atoms with E-state index < -0.39 is 5.25 Å². The predicted molar refractivity (Wildman–Crippen MR) is 95.2 cm³/mol. The lowest BCUT2D eigenvalue weighted by Crippen LogP contribution is -2.28. The monoisotopic (exact) mass is 347 g/mol. The van der Waals surface area contributed by atoms with Gasteiger partial charge in [0.15, 0.2) is 5.17 Å². The van der Waals surface area contributed by atoms with Gasteiger partial charge in [0, 0.05) is 18.7 Å². The first-order valence-electron chi connectivity index (χ1n) is 8.10. The van der Waals surface area contributed by atoms with E-state index in [1.807, 2.05) is 31.2 Å². The minimum Gasteiger partial charge on any atom is -0.376 e. The van der Waals surface area contributed by atoms with E-state index in [0.717, 1.165) is 30.7 Å². The fraction of sp³-hybridized carbons (Fsp3) is 0.471. The first-order chi connectivity index (χ1) is 11.6. The van der Waals surface area contributed by atoms with Gasteiger partial charge in [0.25, 0.3) is 0 Å². The average Bonchev–Trinajstić information content (AvgIpc) is 3.18.